The van der Waals surface area contributed by atoms with Gasteiger partial charge in [-0.25, -0.2) is 0 Å². The average molecular weight is 307 g/mol. The first kappa shape index (κ1) is 14.6. The molecule has 1 N–H and O–H groups in total. The van der Waals surface area contributed by atoms with Gasteiger partial charge in [0.05, 0.1) is 17.3 Å². The SMILES string of the molecule is CN1C(=O)COc2cccc(NC(=O)c3cccc(C#N)c3)c21. The van der Waals surface area contributed by atoms with Crippen molar-refractivity contribution >= 4 is 23.2 Å². The highest BCUT2D eigenvalue weighted by atomic mass is 16.5. The number of anilines is 2. The summed E-state index contributed by atoms with van der Waals surface area (Å²) in [4.78, 5) is 25.7. The summed E-state index contributed by atoms with van der Waals surface area (Å²) in [6, 6.07) is 13.6. The highest BCUT2D eigenvalue weighted by molar-refractivity contribution is 6.09. The Morgan fingerprint density at radius 1 is 1.30 bits per heavy atom. The molecule has 0 spiro atoms. The van der Waals surface area contributed by atoms with Crippen LogP contribution in [0.4, 0.5) is 11.4 Å². The zero-order chi connectivity index (χ0) is 16.4. The normalized spacial score (nSPS) is 12.9. The van der Waals surface area contributed by atoms with E-state index in [0.29, 0.717) is 28.3 Å². The number of para-hydroxylation sites is 1. The first-order valence-electron chi connectivity index (χ1n) is 6.94. The molecule has 23 heavy (non-hydrogen) atoms. The summed E-state index contributed by atoms with van der Waals surface area (Å²) in [5.41, 5.74) is 1.77. The van der Waals surface area contributed by atoms with Gasteiger partial charge in [-0.2, -0.15) is 5.26 Å². The topological polar surface area (TPSA) is 82.4 Å². The van der Waals surface area contributed by atoms with E-state index in [1.54, 1.807) is 43.4 Å². The van der Waals surface area contributed by atoms with E-state index in [-0.39, 0.29) is 18.4 Å². The Kier molecular flexibility index (Phi) is 3.69. The van der Waals surface area contributed by atoms with Crippen LogP contribution >= 0.6 is 0 Å². The van der Waals surface area contributed by atoms with Gasteiger partial charge in [0.15, 0.2) is 6.61 Å². The molecule has 2 aromatic carbocycles. The second-order valence-corrected chi connectivity index (χ2v) is 5.04. The summed E-state index contributed by atoms with van der Waals surface area (Å²) in [6.45, 7) is -0.0227. The van der Waals surface area contributed by atoms with Crippen LogP contribution in [-0.2, 0) is 4.79 Å². The highest BCUT2D eigenvalue weighted by Gasteiger charge is 2.25. The summed E-state index contributed by atoms with van der Waals surface area (Å²) in [5.74, 6) is -0.0109. The molecule has 1 aliphatic heterocycles. The molecule has 6 heteroatoms. The maximum Gasteiger partial charge on any atom is 0.264 e. The van der Waals surface area contributed by atoms with Gasteiger partial charge in [-0.05, 0) is 30.3 Å². The third-order valence-corrected chi connectivity index (χ3v) is 3.56. The Morgan fingerprint density at radius 2 is 2.09 bits per heavy atom. The minimum absolute atomic E-state index is 0.0227. The average Bonchev–Trinajstić information content (AvgIpc) is 2.58. The van der Waals surface area contributed by atoms with Crippen molar-refractivity contribution in [1.82, 2.24) is 0 Å². The van der Waals surface area contributed by atoms with Crippen LogP contribution in [0.25, 0.3) is 0 Å². The van der Waals surface area contributed by atoms with E-state index in [1.807, 2.05) is 6.07 Å². The number of nitriles is 1. The van der Waals surface area contributed by atoms with Gasteiger partial charge in [-0.15, -0.1) is 0 Å². The first-order valence-corrected chi connectivity index (χ1v) is 6.94. The number of ether oxygens (including phenoxy) is 1. The highest BCUT2D eigenvalue weighted by Crippen LogP contribution is 2.38. The third-order valence-electron chi connectivity index (χ3n) is 3.56. The van der Waals surface area contributed by atoms with Gasteiger partial charge in [0.1, 0.15) is 11.4 Å². The number of nitrogens with one attached hydrogen (secondary N) is 1. The van der Waals surface area contributed by atoms with Crippen molar-refractivity contribution in [3.63, 3.8) is 0 Å². The lowest BCUT2D eigenvalue weighted by Crippen LogP contribution is -2.36. The number of hydrogen-bond donors (Lipinski definition) is 1. The van der Waals surface area contributed by atoms with Gasteiger partial charge in [0, 0.05) is 12.6 Å². The number of nitrogens with zero attached hydrogens (tertiary/aromatic N) is 2. The minimum atomic E-state index is -0.359. The lowest BCUT2D eigenvalue weighted by Gasteiger charge is -2.28. The number of carbonyl (C=O) groups is 2. The molecular formula is C17H13N3O3. The van der Waals surface area contributed by atoms with Gasteiger partial charge >= 0.3 is 0 Å². The van der Waals surface area contributed by atoms with Crippen molar-refractivity contribution in [2.45, 2.75) is 0 Å². The van der Waals surface area contributed by atoms with Gasteiger partial charge < -0.3 is 15.0 Å². The molecule has 0 saturated heterocycles. The first-order chi connectivity index (χ1) is 11.1. The van der Waals surface area contributed by atoms with E-state index in [0.717, 1.165) is 0 Å². The van der Waals surface area contributed by atoms with Crippen molar-refractivity contribution in [2.24, 2.45) is 0 Å². The number of amides is 2. The maximum absolute atomic E-state index is 12.4. The second-order valence-electron chi connectivity index (χ2n) is 5.04. The molecule has 0 fully saturated rings. The molecular weight excluding hydrogens is 294 g/mol. The monoisotopic (exact) mass is 307 g/mol. The maximum atomic E-state index is 12.4. The molecule has 0 radical (unpaired) electrons. The zero-order valence-electron chi connectivity index (χ0n) is 12.4. The standard InChI is InChI=1S/C17H13N3O3/c1-20-15(21)10-23-14-7-3-6-13(16(14)20)19-17(22)12-5-2-4-11(8-12)9-18/h2-8H,10H2,1H3,(H,19,22). The fourth-order valence-electron chi connectivity index (χ4n) is 2.37. The molecule has 2 aromatic rings. The molecule has 2 amide bonds. The smallest absolute Gasteiger partial charge is 0.264 e. The minimum Gasteiger partial charge on any atom is -0.481 e. The van der Waals surface area contributed by atoms with E-state index in [4.69, 9.17) is 10.00 Å². The number of likely N-dealkylation sites (N-methyl/N-ethyl adjacent to an activating group) is 1. The van der Waals surface area contributed by atoms with Crippen LogP contribution in [0.1, 0.15) is 15.9 Å². The molecule has 0 aliphatic carbocycles. The summed E-state index contributed by atoms with van der Waals surface area (Å²) < 4.78 is 5.39. The Labute approximate surface area is 132 Å². The Hall–Kier alpha value is -3.33. The molecule has 1 heterocycles. The second kappa shape index (κ2) is 5.81. The van der Waals surface area contributed by atoms with Gasteiger partial charge in [0.25, 0.3) is 11.8 Å². The molecule has 0 bridgehead atoms. The number of carbonyl (C=O) groups excluding carboxylic acids is 2. The molecule has 114 valence electrons. The van der Waals surface area contributed by atoms with Crippen LogP contribution in [-0.4, -0.2) is 25.5 Å². The largest absolute Gasteiger partial charge is 0.481 e. The number of rotatable bonds is 2. The van der Waals surface area contributed by atoms with Crippen molar-refractivity contribution in [1.29, 1.82) is 5.26 Å². The van der Waals surface area contributed by atoms with E-state index < -0.39 is 0 Å². The van der Waals surface area contributed by atoms with Gasteiger partial charge in [-0.1, -0.05) is 12.1 Å². The summed E-state index contributed by atoms with van der Waals surface area (Å²) in [5, 5.41) is 11.7. The summed E-state index contributed by atoms with van der Waals surface area (Å²) in [7, 11) is 1.63. The fraction of sp³-hybridized carbons (Fsp3) is 0.118. The summed E-state index contributed by atoms with van der Waals surface area (Å²) in [6.07, 6.45) is 0. The Balaban J connectivity index is 1.93. The van der Waals surface area contributed by atoms with Crippen LogP contribution in [0.3, 0.4) is 0 Å². The Morgan fingerprint density at radius 3 is 2.87 bits per heavy atom. The quantitative estimate of drug-likeness (QED) is 0.921. The number of benzene rings is 2. The predicted molar refractivity (Wildman–Crippen MR) is 84.5 cm³/mol. The molecule has 0 atom stereocenters. The molecule has 1 aliphatic rings. The Bertz CT molecular complexity index is 839. The van der Waals surface area contributed by atoms with Gasteiger partial charge in [-0.3, -0.25) is 9.59 Å². The fourth-order valence-corrected chi connectivity index (χ4v) is 2.37. The lowest BCUT2D eigenvalue weighted by molar-refractivity contribution is -0.120. The van der Waals surface area contributed by atoms with Crippen molar-refractivity contribution in [3.05, 3.63) is 53.6 Å². The van der Waals surface area contributed by atoms with Crippen molar-refractivity contribution < 1.29 is 14.3 Å². The van der Waals surface area contributed by atoms with E-state index in [2.05, 4.69) is 5.32 Å². The molecule has 6 nitrogen and oxygen atoms in total. The van der Waals surface area contributed by atoms with Crippen LogP contribution in [0.15, 0.2) is 42.5 Å². The van der Waals surface area contributed by atoms with Crippen LogP contribution < -0.4 is 15.0 Å². The van der Waals surface area contributed by atoms with E-state index in [1.165, 1.54) is 11.0 Å². The van der Waals surface area contributed by atoms with E-state index >= 15 is 0 Å². The predicted octanol–water partition coefficient (Wildman–Crippen LogP) is 2.17. The molecule has 0 unspecified atom stereocenters. The van der Waals surface area contributed by atoms with Crippen molar-refractivity contribution in [3.8, 4) is 11.8 Å². The van der Waals surface area contributed by atoms with Crippen molar-refractivity contribution in [2.75, 3.05) is 23.9 Å². The summed E-state index contributed by atoms with van der Waals surface area (Å²) >= 11 is 0. The number of hydrogen-bond acceptors (Lipinski definition) is 4. The molecule has 3 rings (SSSR count). The van der Waals surface area contributed by atoms with Crippen LogP contribution in [0, 0.1) is 11.3 Å². The van der Waals surface area contributed by atoms with Gasteiger partial charge in [0.2, 0.25) is 0 Å². The number of fused-ring (bicyclic) bond motifs is 1. The van der Waals surface area contributed by atoms with Crippen LogP contribution in [0.2, 0.25) is 0 Å². The molecule has 0 saturated carbocycles. The molecule has 0 aromatic heterocycles. The lowest BCUT2D eigenvalue weighted by atomic mass is 10.1. The van der Waals surface area contributed by atoms with E-state index in [9.17, 15) is 9.59 Å². The zero-order valence-corrected chi connectivity index (χ0v) is 12.4. The third kappa shape index (κ3) is 2.72. The van der Waals surface area contributed by atoms with Crippen LogP contribution in [0.5, 0.6) is 5.75 Å².